The third-order valence-electron chi connectivity index (χ3n) is 6.75. The smallest absolute Gasteiger partial charge is 0.259 e. The van der Waals surface area contributed by atoms with Crippen molar-refractivity contribution in [2.24, 2.45) is 0 Å². The second kappa shape index (κ2) is 6.57. The van der Waals surface area contributed by atoms with Gasteiger partial charge in [0.05, 0.1) is 33.7 Å². The Balaban J connectivity index is 1.96. The fraction of sp³-hybridized carbons (Fsp3) is 0.185. The maximum absolute atomic E-state index is 13.1. The highest BCUT2D eigenvalue weighted by atomic mass is 16.2. The summed E-state index contributed by atoms with van der Waals surface area (Å²) in [7, 11) is 0. The summed E-state index contributed by atoms with van der Waals surface area (Å²) in [6.45, 7) is 8.00. The first-order chi connectivity index (χ1) is 15.5. The van der Waals surface area contributed by atoms with Gasteiger partial charge in [0.15, 0.2) is 0 Å². The maximum Gasteiger partial charge on any atom is 0.259 e. The van der Waals surface area contributed by atoms with Crippen LogP contribution in [-0.2, 0) is 0 Å². The lowest BCUT2D eigenvalue weighted by atomic mass is 9.95. The van der Waals surface area contributed by atoms with E-state index in [1.165, 1.54) is 0 Å². The summed E-state index contributed by atoms with van der Waals surface area (Å²) >= 11 is 0. The number of aromatic nitrogens is 2. The van der Waals surface area contributed by atoms with Gasteiger partial charge in [0, 0.05) is 27.4 Å². The number of rotatable bonds is 3. The van der Waals surface area contributed by atoms with Gasteiger partial charge in [-0.05, 0) is 44.4 Å². The number of nitrogens with zero attached hydrogens (tertiary/aromatic N) is 1. The van der Waals surface area contributed by atoms with Crippen molar-refractivity contribution in [2.75, 3.05) is 0 Å². The maximum atomic E-state index is 13.1. The Bertz CT molecular complexity index is 1580. The number of benzene rings is 2. The average molecular weight is 422 g/mol. The summed E-state index contributed by atoms with van der Waals surface area (Å²) in [5.74, 6) is -0.669. The van der Waals surface area contributed by atoms with Crippen molar-refractivity contribution < 1.29 is 9.59 Å². The van der Waals surface area contributed by atoms with Gasteiger partial charge in [0.2, 0.25) is 0 Å². The molecule has 32 heavy (non-hydrogen) atoms. The Morgan fingerprint density at radius 3 is 2.62 bits per heavy atom. The monoisotopic (exact) mass is 421 g/mol. The van der Waals surface area contributed by atoms with Crippen LogP contribution in [0.15, 0.2) is 43.0 Å². The number of aryl methyl sites for hydroxylation is 1. The SMILES string of the molecule is C=Cc1[nH]c2c(c1/C=C\C)c1c(c3c4ccc(C)cc4n(C4C=CCC4)c23)C(=O)NC1=O. The zero-order valence-corrected chi connectivity index (χ0v) is 18.1. The van der Waals surface area contributed by atoms with Crippen LogP contribution in [0.2, 0.25) is 0 Å². The zero-order chi connectivity index (χ0) is 22.1. The average Bonchev–Trinajstić information content (AvgIpc) is 3.52. The van der Waals surface area contributed by atoms with E-state index in [0.29, 0.717) is 11.1 Å². The van der Waals surface area contributed by atoms with Crippen molar-refractivity contribution in [2.45, 2.75) is 32.7 Å². The van der Waals surface area contributed by atoms with E-state index in [1.54, 1.807) is 6.08 Å². The van der Waals surface area contributed by atoms with Gasteiger partial charge in [-0.25, -0.2) is 0 Å². The molecule has 3 heterocycles. The van der Waals surface area contributed by atoms with Crippen LogP contribution in [0.3, 0.4) is 0 Å². The highest BCUT2D eigenvalue weighted by Gasteiger charge is 2.36. The van der Waals surface area contributed by atoms with Gasteiger partial charge in [0.25, 0.3) is 11.8 Å². The molecule has 1 aliphatic heterocycles. The molecular formula is C27H23N3O2. The molecule has 0 fully saturated rings. The number of amides is 2. The van der Waals surface area contributed by atoms with E-state index in [9.17, 15) is 9.59 Å². The standard InChI is InChI=1S/C27H23N3O2/c1-4-8-16-18(5-2)28-24-20(16)22-23(27(32)29-26(22)31)21-17-12-11-14(3)13-19(17)30(25(21)24)15-9-6-7-10-15/h4-6,8-9,11-13,15,28H,2,7,10H2,1,3H3,(H,29,31,32)/b8-4-. The van der Waals surface area contributed by atoms with E-state index < -0.39 is 0 Å². The quantitative estimate of drug-likeness (QED) is 0.313. The second-order valence-corrected chi connectivity index (χ2v) is 8.63. The minimum absolute atomic E-state index is 0.193. The molecule has 1 unspecified atom stereocenters. The molecule has 0 saturated carbocycles. The number of aromatic amines is 1. The predicted molar refractivity (Wildman–Crippen MR) is 130 cm³/mol. The van der Waals surface area contributed by atoms with Crippen molar-refractivity contribution in [3.8, 4) is 0 Å². The van der Waals surface area contributed by atoms with E-state index in [0.717, 1.165) is 62.4 Å². The zero-order valence-electron chi connectivity index (χ0n) is 18.1. The molecule has 2 aromatic heterocycles. The van der Waals surface area contributed by atoms with Gasteiger partial charge in [-0.2, -0.15) is 0 Å². The number of nitrogens with one attached hydrogen (secondary N) is 2. The van der Waals surface area contributed by atoms with E-state index >= 15 is 0 Å². The van der Waals surface area contributed by atoms with E-state index in [4.69, 9.17) is 0 Å². The lowest BCUT2D eigenvalue weighted by Gasteiger charge is -2.15. The minimum atomic E-state index is -0.342. The number of carbonyl (C=O) groups is 2. The van der Waals surface area contributed by atoms with E-state index in [2.05, 4.69) is 58.7 Å². The number of imide groups is 1. The molecule has 1 aliphatic carbocycles. The van der Waals surface area contributed by atoms with Crippen LogP contribution in [0.5, 0.6) is 0 Å². The summed E-state index contributed by atoms with van der Waals surface area (Å²) in [6.07, 6.45) is 12.2. The molecule has 158 valence electrons. The molecule has 6 rings (SSSR count). The lowest BCUT2D eigenvalue weighted by Crippen LogP contribution is -2.20. The summed E-state index contributed by atoms with van der Waals surface area (Å²) in [6, 6.07) is 6.52. The molecule has 2 N–H and O–H groups in total. The van der Waals surface area contributed by atoms with Gasteiger partial charge >= 0.3 is 0 Å². The van der Waals surface area contributed by atoms with Crippen LogP contribution < -0.4 is 5.32 Å². The fourth-order valence-corrected chi connectivity index (χ4v) is 5.50. The van der Waals surface area contributed by atoms with Crippen LogP contribution in [-0.4, -0.2) is 21.4 Å². The number of hydrogen-bond acceptors (Lipinski definition) is 2. The van der Waals surface area contributed by atoms with Crippen LogP contribution in [0.4, 0.5) is 0 Å². The molecule has 5 heteroatoms. The Morgan fingerprint density at radius 2 is 1.94 bits per heavy atom. The lowest BCUT2D eigenvalue weighted by molar-refractivity contribution is 0.0880. The number of allylic oxidation sites excluding steroid dienone is 3. The van der Waals surface area contributed by atoms with Gasteiger partial charge in [0.1, 0.15) is 0 Å². The Kier molecular flexibility index (Phi) is 3.87. The molecule has 0 radical (unpaired) electrons. The third-order valence-corrected chi connectivity index (χ3v) is 6.75. The first-order valence-corrected chi connectivity index (χ1v) is 11.0. The molecule has 2 aliphatic rings. The first kappa shape index (κ1) is 18.9. The summed E-state index contributed by atoms with van der Waals surface area (Å²) in [5, 5.41) is 5.18. The van der Waals surface area contributed by atoms with Gasteiger partial charge < -0.3 is 9.55 Å². The topological polar surface area (TPSA) is 66.9 Å². The molecule has 0 saturated heterocycles. The summed E-state index contributed by atoms with van der Waals surface area (Å²) in [5.41, 5.74) is 6.75. The number of H-pyrrole nitrogens is 1. The largest absolute Gasteiger partial charge is 0.353 e. The molecule has 1 atom stereocenters. The second-order valence-electron chi connectivity index (χ2n) is 8.63. The van der Waals surface area contributed by atoms with E-state index in [1.807, 2.05) is 19.1 Å². The molecular weight excluding hydrogens is 398 g/mol. The van der Waals surface area contributed by atoms with Crippen molar-refractivity contribution >= 4 is 56.7 Å². The first-order valence-electron chi connectivity index (χ1n) is 11.0. The molecule has 2 amide bonds. The van der Waals surface area contributed by atoms with Crippen LogP contribution in [0.1, 0.15) is 63.3 Å². The number of carbonyl (C=O) groups excluding carboxylic acids is 2. The Morgan fingerprint density at radius 1 is 1.16 bits per heavy atom. The van der Waals surface area contributed by atoms with Crippen LogP contribution in [0, 0.1) is 6.92 Å². The van der Waals surface area contributed by atoms with Crippen LogP contribution >= 0.6 is 0 Å². The van der Waals surface area contributed by atoms with Crippen LogP contribution in [0.25, 0.3) is 44.9 Å². The predicted octanol–water partition coefficient (Wildman–Crippen LogP) is 6.04. The third kappa shape index (κ3) is 2.28. The minimum Gasteiger partial charge on any atom is -0.353 e. The highest BCUT2D eigenvalue weighted by Crippen LogP contribution is 2.45. The molecule has 5 nitrogen and oxygen atoms in total. The summed E-state index contributed by atoms with van der Waals surface area (Å²) in [4.78, 5) is 29.7. The highest BCUT2D eigenvalue weighted by molar-refractivity contribution is 6.37. The van der Waals surface area contributed by atoms with E-state index in [-0.39, 0.29) is 17.9 Å². The molecule has 0 spiro atoms. The van der Waals surface area contributed by atoms with Gasteiger partial charge in [-0.3, -0.25) is 14.9 Å². The van der Waals surface area contributed by atoms with Crippen molar-refractivity contribution in [1.82, 2.24) is 14.9 Å². The number of hydrogen-bond donors (Lipinski definition) is 2. The molecule has 4 aromatic rings. The Hall–Kier alpha value is -3.86. The van der Waals surface area contributed by atoms with Crippen molar-refractivity contribution in [1.29, 1.82) is 0 Å². The Labute approximate surface area is 185 Å². The van der Waals surface area contributed by atoms with Gasteiger partial charge in [-0.15, -0.1) is 0 Å². The summed E-state index contributed by atoms with van der Waals surface area (Å²) < 4.78 is 2.35. The molecule has 2 aromatic carbocycles. The van der Waals surface area contributed by atoms with Crippen molar-refractivity contribution in [3.63, 3.8) is 0 Å². The fourth-order valence-electron chi connectivity index (χ4n) is 5.50. The number of fused-ring (bicyclic) bond motifs is 8. The van der Waals surface area contributed by atoms with Gasteiger partial charge in [-0.1, -0.05) is 43.0 Å². The molecule has 0 bridgehead atoms. The van der Waals surface area contributed by atoms with Crippen molar-refractivity contribution in [3.05, 3.63) is 71.0 Å². The normalized spacial score (nSPS) is 18.0.